The average molecular weight is 491 g/mol. The zero-order valence-corrected chi connectivity index (χ0v) is 20.6. The van der Waals surface area contributed by atoms with Crippen molar-refractivity contribution in [2.75, 3.05) is 25.0 Å². The lowest BCUT2D eigenvalue weighted by molar-refractivity contribution is -0.119. The molecule has 2 amide bonds. The molecule has 2 aromatic heterocycles. The number of nitrogens with one attached hydrogen (secondary N) is 1. The van der Waals surface area contributed by atoms with Gasteiger partial charge in [-0.05, 0) is 57.2 Å². The molecule has 1 N–H and O–H groups in total. The fourth-order valence-corrected chi connectivity index (χ4v) is 4.79. The van der Waals surface area contributed by atoms with Crippen LogP contribution in [0.2, 0.25) is 0 Å². The molecule has 0 spiro atoms. The number of anilines is 1. The molecule has 4 rings (SSSR count). The Bertz CT molecular complexity index is 1370. The van der Waals surface area contributed by atoms with E-state index in [1.165, 1.54) is 11.3 Å². The predicted octanol–water partition coefficient (Wildman–Crippen LogP) is 4.67. The van der Waals surface area contributed by atoms with E-state index in [1.807, 2.05) is 51.1 Å². The number of fused-ring (bicyclic) bond motifs is 1. The topological polar surface area (TPSA) is 93.5 Å². The molecule has 180 valence electrons. The van der Waals surface area contributed by atoms with E-state index >= 15 is 0 Å². The third-order valence-corrected chi connectivity index (χ3v) is 6.62. The number of esters is 1. The largest absolute Gasteiger partial charge is 0.451 e. The molecule has 2 heterocycles. The van der Waals surface area contributed by atoms with Gasteiger partial charge in [-0.15, -0.1) is 11.3 Å². The summed E-state index contributed by atoms with van der Waals surface area (Å²) in [5.41, 5.74) is 2.64. The molecule has 0 radical (unpaired) electrons. The van der Waals surface area contributed by atoms with Gasteiger partial charge >= 0.3 is 5.97 Å². The van der Waals surface area contributed by atoms with Gasteiger partial charge in [0.25, 0.3) is 11.8 Å². The zero-order chi connectivity index (χ0) is 24.9. The molecule has 9 heteroatoms. The van der Waals surface area contributed by atoms with Crippen LogP contribution in [0.5, 0.6) is 0 Å². The first-order chi connectivity index (χ1) is 16.9. The van der Waals surface area contributed by atoms with Crippen LogP contribution in [0.4, 0.5) is 5.69 Å². The summed E-state index contributed by atoms with van der Waals surface area (Å²) in [7, 11) is 0. The fourth-order valence-electron chi connectivity index (χ4n) is 3.71. The lowest BCUT2D eigenvalue weighted by Crippen LogP contribution is -2.30. The Balaban J connectivity index is 1.41. The van der Waals surface area contributed by atoms with Crippen LogP contribution >= 0.6 is 11.3 Å². The van der Waals surface area contributed by atoms with Crippen LogP contribution in [0.1, 0.15) is 39.6 Å². The number of nitrogens with zero attached hydrogens (tertiary/aromatic N) is 3. The van der Waals surface area contributed by atoms with Crippen LogP contribution in [0, 0.1) is 6.92 Å². The molecule has 35 heavy (non-hydrogen) atoms. The smallest absolute Gasteiger partial charge is 0.348 e. The van der Waals surface area contributed by atoms with Crippen molar-refractivity contribution in [2.45, 2.75) is 20.8 Å². The number of hydrogen-bond donors (Lipinski definition) is 1. The van der Waals surface area contributed by atoms with E-state index in [2.05, 4.69) is 10.4 Å². The monoisotopic (exact) mass is 490 g/mol. The van der Waals surface area contributed by atoms with Crippen LogP contribution in [0.15, 0.2) is 60.7 Å². The molecule has 0 unspecified atom stereocenters. The van der Waals surface area contributed by atoms with Gasteiger partial charge in [0.05, 0.1) is 11.4 Å². The highest BCUT2D eigenvalue weighted by molar-refractivity contribution is 7.20. The van der Waals surface area contributed by atoms with Gasteiger partial charge in [-0.25, -0.2) is 9.48 Å². The molecule has 0 saturated carbocycles. The van der Waals surface area contributed by atoms with Gasteiger partial charge in [0, 0.05) is 29.7 Å². The molecule has 2 aromatic carbocycles. The van der Waals surface area contributed by atoms with Gasteiger partial charge in [-0.3, -0.25) is 9.59 Å². The van der Waals surface area contributed by atoms with E-state index in [0.29, 0.717) is 29.2 Å². The van der Waals surface area contributed by atoms with E-state index in [9.17, 15) is 14.4 Å². The predicted molar refractivity (Wildman–Crippen MR) is 136 cm³/mol. The molecule has 0 aliphatic carbocycles. The maximum atomic E-state index is 12.6. The van der Waals surface area contributed by atoms with Crippen molar-refractivity contribution in [3.63, 3.8) is 0 Å². The number of aromatic nitrogens is 2. The maximum Gasteiger partial charge on any atom is 0.348 e. The first-order valence-corrected chi connectivity index (χ1v) is 12.1. The lowest BCUT2D eigenvalue weighted by Gasteiger charge is -2.19. The van der Waals surface area contributed by atoms with Gasteiger partial charge < -0.3 is 15.0 Å². The number of ether oxygens (including phenoxy) is 1. The highest BCUT2D eigenvalue weighted by Crippen LogP contribution is 2.30. The van der Waals surface area contributed by atoms with E-state index in [-0.39, 0.29) is 5.91 Å². The number of para-hydroxylation sites is 1. The summed E-state index contributed by atoms with van der Waals surface area (Å²) in [6.45, 7) is 6.47. The maximum absolute atomic E-state index is 12.6. The number of amides is 2. The highest BCUT2D eigenvalue weighted by atomic mass is 32.1. The van der Waals surface area contributed by atoms with E-state index in [1.54, 1.807) is 39.9 Å². The first kappa shape index (κ1) is 24.2. The van der Waals surface area contributed by atoms with Gasteiger partial charge in [0.15, 0.2) is 6.61 Å². The van der Waals surface area contributed by atoms with Crippen LogP contribution in [0.3, 0.4) is 0 Å². The molecule has 0 bridgehead atoms. The number of hydrogen-bond acceptors (Lipinski definition) is 6. The Kier molecular flexibility index (Phi) is 7.26. The number of benzene rings is 2. The standard InChI is InChI=1S/C26H26N4O4S/c1-4-29(5-2)24(32)18-10-9-11-19(14-18)27-23(31)16-34-26(33)22-15-21-17(3)28-30(25(21)35-22)20-12-7-6-8-13-20/h6-15H,4-5,16H2,1-3H3,(H,27,31). The van der Waals surface area contributed by atoms with Crippen molar-refractivity contribution < 1.29 is 19.1 Å². The third-order valence-electron chi connectivity index (χ3n) is 5.52. The van der Waals surface area contributed by atoms with Crippen LogP contribution < -0.4 is 5.32 Å². The van der Waals surface area contributed by atoms with Crippen molar-refractivity contribution in [1.82, 2.24) is 14.7 Å². The molecule has 0 saturated heterocycles. The SMILES string of the molecule is CCN(CC)C(=O)c1cccc(NC(=O)COC(=O)c2cc3c(C)nn(-c4ccccc4)c3s2)c1. The minimum atomic E-state index is -0.578. The second kappa shape index (κ2) is 10.5. The number of thiophene rings is 1. The summed E-state index contributed by atoms with van der Waals surface area (Å²) in [5, 5.41) is 8.11. The van der Waals surface area contributed by atoms with Crippen molar-refractivity contribution in [3.8, 4) is 5.69 Å². The van der Waals surface area contributed by atoms with Crippen LogP contribution in [-0.2, 0) is 9.53 Å². The van der Waals surface area contributed by atoms with Crippen LogP contribution in [0.25, 0.3) is 15.9 Å². The van der Waals surface area contributed by atoms with Crippen molar-refractivity contribution in [1.29, 1.82) is 0 Å². The zero-order valence-electron chi connectivity index (χ0n) is 19.8. The van der Waals surface area contributed by atoms with E-state index in [4.69, 9.17) is 4.74 Å². The summed E-state index contributed by atoms with van der Waals surface area (Å²) in [4.78, 5) is 40.5. The average Bonchev–Trinajstić information content (AvgIpc) is 3.44. The number of aryl methyl sites for hydroxylation is 1. The minimum Gasteiger partial charge on any atom is -0.451 e. The van der Waals surface area contributed by atoms with Crippen molar-refractivity contribution in [2.24, 2.45) is 0 Å². The number of carbonyl (C=O) groups excluding carboxylic acids is 3. The normalized spacial score (nSPS) is 10.8. The van der Waals surface area contributed by atoms with Gasteiger partial charge in [0.2, 0.25) is 0 Å². The Hall–Kier alpha value is -3.98. The second-order valence-electron chi connectivity index (χ2n) is 7.84. The third kappa shape index (κ3) is 5.25. The molecule has 8 nitrogen and oxygen atoms in total. The van der Waals surface area contributed by atoms with Crippen molar-refractivity contribution in [3.05, 3.63) is 76.8 Å². The summed E-state index contributed by atoms with van der Waals surface area (Å²) >= 11 is 1.27. The fraction of sp³-hybridized carbons (Fsp3) is 0.231. The molecular formula is C26H26N4O4S. The molecular weight excluding hydrogens is 464 g/mol. The molecule has 0 fully saturated rings. The van der Waals surface area contributed by atoms with E-state index in [0.717, 1.165) is 21.6 Å². The molecule has 0 atom stereocenters. The minimum absolute atomic E-state index is 0.105. The Morgan fingerprint density at radius 3 is 2.49 bits per heavy atom. The Morgan fingerprint density at radius 1 is 1.03 bits per heavy atom. The van der Waals surface area contributed by atoms with E-state index < -0.39 is 18.5 Å². The van der Waals surface area contributed by atoms with Gasteiger partial charge in [-0.1, -0.05) is 24.3 Å². The van der Waals surface area contributed by atoms with Crippen LogP contribution in [-0.4, -0.2) is 52.2 Å². The van der Waals surface area contributed by atoms with Crippen molar-refractivity contribution >= 4 is 45.0 Å². The Morgan fingerprint density at radius 2 is 1.77 bits per heavy atom. The highest BCUT2D eigenvalue weighted by Gasteiger charge is 2.19. The summed E-state index contributed by atoms with van der Waals surface area (Å²) in [5.74, 6) is -1.17. The molecule has 0 aliphatic heterocycles. The Labute approximate surface area is 207 Å². The lowest BCUT2D eigenvalue weighted by atomic mass is 10.1. The quantitative estimate of drug-likeness (QED) is 0.362. The molecule has 0 aliphatic rings. The van der Waals surface area contributed by atoms with Gasteiger partial charge in [0.1, 0.15) is 9.71 Å². The number of carbonyl (C=O) groups is 3. The summed E-state index contributed by atoms with van der Waals surface area (Å²) < 4.78 is 7.05. The first-order valence-electron chi connectivity index (χ1n) is 11.3. The van der Waals surface area contributed by atoms with Gasteiger partial charge in [-0.2, -0.15) is 5.10 Å². The second-order valence-corrected chi connectivity index (χ2v) is 8.88. The summed E-state index contributed by atoms with van der Waals surface area (Å²) in [6.07, 6.45) is 0. The number of rotatable bonds is 8. The molecule has 4 aromatic rings. The summed E-state index contributed by atoms with van der Waals surface area (Å²) in [6, 6.07) is 18.1.